The van der Waals surface area contributed by atoms with Crippen LogP contribution in [0, 0.1) is 6.92 Å². The molecule has 0 radical (unpaired) electrons. The zero-order chi connectivity index (χ0) is 28.9. The van der Waals surface area contributed by atoms with Crippen LogP contribution in [-0.2, 0) is 9.59 Å². The number of hydrogen-bond donors (Lipinski definition) is 1. The lowest BCUT2D eigenvalue weighted by Crippen LogP contribution is -2.30. The average Bonchev–Trinajstić information content (AvgIpc) is 3.52. The molecule has 1 atom stereocenters. The fraction of sp³-hybridized carbons (Fsp3) is 0.242. The van der Waals surface area contributed by atoms with Gasteiger partial charge in [0.05, 0.1) is 35.5 Å². The third-order valence-electron chi connectivity index (χ3n) is 6.95. The Morgan fingerprint density at radius 3 is 2.63 bits per heavy atom. The molecule has 41 heavy (non-hydrogen) atoms. The number of fused-ring (bicyclic) bond motifs is 1. The van der Waals surface area contributed by atoms with Gasteiger partial charge in [-0.3, -0.25) is 14.5 Å². The summed E-state index contributed by atoms with van der Waals surface area (Å²) in [5.74, 6) is -0.691. The zero-order valence-corrected chi connectivity index (χ0v) is 24.1. The summed E-state index contributed by atoms with van der Waals surface area (Å²) in [5.41, 5.74) is 3.20. The molecule has 1 N–H and O–H groups in total. The molecule has 3 aromatic carbocycles. The minimum Gasteiger partial charge on any atom is -0.503 e. The number of carbonyl (C=O) groups is 2. The summed E-state index contributed by atoms with van der Waals surface area (Å²) in [6.07, 6.45) is 6.12. The average molecular weight is 569 g/mol. The van der Waals surface area contributed by atoms with Crippen LogP contribution in [0.2, 0.25) is 0 Å². The van der Waals surface area contributed by atoms with Gasteiger partial charge in [-0.2, -0.15) is 0 Å². The highest BCUT2D eigenvalue weighted by molar-refractivity contribution is 7.22. The Labute approximate surface area is 243 Å². The number of thiazole rings is 1. The number of allylic oxidation sites excluding steroid dienone is 1. The number of aliphatic hydroxyl groups excluding tert-OH is 1. The number of amides is 1. The molecule has 0 saturated heterocycles. The van der Waals surface area contributed by atoms with Gasteiger partial charge in [0.2, 0.25) is 0 Å². The normalized spacial score (nSPS) is 15.3. The van der Waals surface area contributed by atoms with Crippen LogP contribution >= 0.6 is 11.3 Å². The van der Waals surface area contributed by atoms with Crippen molar-refractivity contribution in [2.45, 2.75) is 39.2 Å². The van der Waals surface area contributed by atoms with Crippen LogP contribution in [0.1, 0.15) is 48.9 Å². The molecule has 1 amide bonds. The van der Waals surface area contributed by atoms with Gasteiger partial charge < -0.3 is 14.6 Å². The summed E-state index contributed by atoms with van der Waals surface area (Å²) in [7, 11) is 1.55. The van der Waals surface area contributed by atoms with Gasteiger partial charge in [0, 0.05) is 0 Å². The van der Waals surface area contributed by atoms with Gasteiger partial charge in [0.25, 0.3) is 5.91 Å². The number of aromatic nitrogens is 1. The number of methoxy groups -OCH3 is 1. The molecule has 4 aromatic rings. The number of ketones is 1. The van der Waals surface area contributed by atoms with E-state index in [9.17, 15) is 14.7 Å². The van der Waals surface area contributed by atoms with E-state index in [-0.39, 0.29) is 5.57 Å². The van der Waals surface area contributed by atoms with Gasteiger partial charge in [0.15, 0.2) is 28.2 Å². The number of carbonyl (C=O) groups excluding carboxylic acids is 2. The summed E-state index contributed by atoms with van der Waals surface area (Å²) in [6.45, 7) is 4.68. The van der Waals surface area contributed by atoms with Gasteiger partial charge >= 0.3 is 0 Å². The number of hydrogen-bond acceptors (Lipinski definition) is 7. The van der Waals surface area contributed by atoms with E-state index in [0.29, 0.717) is 28.8 Å². The van der Waals surface area contributed by atoms with Gasteiger partial charge in [-0.25, -0.2) is 4.98 Å². The molecule has 0 saturated carbocycles. The Bertz CT molecular complexity index is 1640. The van der Waals surface area contributed by atoms with E-state index in [4.69, 9.17) is 14.5 Å². The molecule has 1 aliphatic rings. The van der Waals surface area contributed by atoms with Crippen molar-refractivity contribution in [3.05, 3.63) is 101 Å². The fourth-order valence-corrected chi connectivity index (χ4v) is 5.92. The van der Waals surface area contributed by atoms with Gasteiger partial charge in [-0.1, -0.05) is 79.6 Å². The summed E-state index contributed by atoms with van der Waals surface area (Å²) < 4.78 is 12.5. The summed E-state index contributed by atoms with van der Waals surface area (Å²) >= 11 is 1.34. The molecule has 5 rings (SSSR count). The number of aryl methyl sites for hydroxylation is 1. The Morgan fingerprint density at radius 2 is 1.88 bits per heavy atom. The predicted octanol–water partition coefficient (Wildman–Crippen LogP) is 7.36. The van der Waals surface area contributed by atoms with Crippen molar-refractivity contribution in [1.82, 2.24) is 4.98 Å². The lowest BCUT2D eigenvalue weighted by atomic mass is 9.95. The molecule has 0 spiro atoms. The van der Waals surface area contributed by atoms with E-state index in [1.807, 2.05) is 55.5 Å². The molecule has 0 bridgehead atoms. The number of benzene rings is 3. The monoisotopic (exact) mass is 568 g/mol. The van der Waals surface area contributed by atoms with E-state index in [1.165, 1.54) is 22.3 Å². The maximum Gasteiger partial charge on any atom is 0.296 e. The van der Waals surface area contributed by atoms with Crippen molar-refractivity contribution in [2.75, 3.05) is 18.6 Å². The third kappa shape index (κ3) is 5.88. The lowest BCUT2D eigenvalue weighted by molar-refractivity contribution is -0.117. The summed E-state index contributed by atoms with van der Waals surface area (Å²) in [4.78, 5) is 33.3. The molecule has 2 heterocycles. The SMILES string of the molecule is CCCCCOc1ccc(C2C(C(=O)C=Cc3ccccc3)=C(O)C(=O)N2c2nc3ccc(C)cc3s2)cc1OC. The minimum absolute atomic E-state index is 0.0173. The molecule has 8 heteroatoms. The van der Waals surface area contributed by atoms with E-state index >= 15 is 0 Å². The van der Waals surface area contributed by atoms with E-state index in [0.717, 1.165) is 40.6 Å². The van der Waals surface area contributed by atoms with Crippen LogP contribution in [0.15, 0.2) is 84.1 Å². The predicted molar refractivity (Wildman–Crippen MR) is 163 cm³/mol. The second kappa shape index (κ2) is 12.4. The quantitative estimate of drug-likeness (QED) is 0.150. The third-order valence-corrected chi connectivity index (χ3v) is 7.97. The molecular formula is C33H32N2O5S. The van der Waals surface area contributed by atoms with Crippen molar-refractivity contribution in [3.8, 4) is 11.5 Å². The maximum atomic E-state index is 13.6. The van der Waals surface area contributed by atoms with E-state index in [2.05, 4.69) is 6.92 Å². The fourth-order valence-electron chi connectivity index (χ4n) is 4.83. The van der Waals surface area contributed by atoms with Gasteiger partial charge in [0.1, 0.15) is 0 Å². The van der Waals surface area contributed by atoms with Crippen molar-refractivity contribution in [1.29, 1.82) is 0 Å². The van der Waals surface area contributed by atoms with Crippen LogP contribution < -0.4 is 14.4 Å². The second-order valence-electron chi connectivity index (χ2n) is 9.88. The Kier molecular flexibility index (Phi) is 8.50. The first-order valence-electron chi connectivity index (χ1n) is 13.6. The van der Waals surface area contributed by atoms with Crippen LogP contribution in [0.5, 0.6) is 11.5 Å². The molecule has 0 aliphatic carbocycles. The number of nitrogens with zero attached hydrogens (tertiary/aromatic N) is 2. The number of aliphatic hydroxyl groups is 1. The number of rotatable bonds is 11. The van der Waals surface area contributed by atoms with Crippen molar-refractivity contribution >= 4 is 44.5 Å². The Balaban J connectivity index is 1.57. The molecule has 1 aliphatic heterocycles. The summed E-state index contributed by atoms with van der Waals surface area (Å²) in [5, 5.41) is 11.5. The number of unbranched alkanes of at least 4 members (excludes halogenated alkanes) is 2. The van der Waals surface area contributed by atoms with Crippen LogP contribution in [0.4, 0.5) is 5.13 Å². The zero-order valence-electron chi connectivity index (χ0n) is 23.3. The lowest BCUT2D eigenvalue weighted by Gasteiger charge is -2.25. The van der Waals surface area contributed by atoms with Crippen molar-refractivity contribution in [3.63, 3.8) is 0 Å². The van der Waals surface area contributed by atoms with Gasteiger partial charge in [-0.15, -0.1) is 0 Å². The first-order chi connectivity index (χ1) is 19.9. The molecule has 1 aromatic heterocycles. The molecule has 1 unspecified atom stereocenters. The Hall–Kier alpha value is -4.43. The van der Waals surface area contributed by atoms with Gasteiger partial charge in [-0.05, 0) is 60.4 Å². The van der Waals surface area contributed by atoms with Crippen molar-refractivity contribution in [2.24, 2.45) is 0 Å². The molecule has 210 valence electrons. The first kappa shape index (κ1) is 28.1. The number of ether oxygens (including phenoxy) is 2. The Morgan fingerprint density at radius 1 is 1.07 bits per heavy atom. The molecule has 7 nitrogen and oxygen atoms in total. The first-order valence-corrected chi connectivity index (χ1v) is 14.4. The summed E-state index contributed by atoms with van der Waals surface area (Å²) in [6, 6.07) is 19.6. The van der Waals surface area contributed by atoms with Crippen LogP contribution in [-0.4, -0.2) is 35.5 Å². The van der Waals surface area contributed by atoms with Crippen molar-refractivity contribution < 1.29 is 24.2 Å². The molecular weight excluding hydrogens is 536 g/mol. The number of anilines is 1. The largest absolute Gasteiger partial charge is 0.503 e. The van der Waals surface area contributed by atoms with Crippen LogP contribution in [0.25, 0.3) is 16.3 Å². The second-order valence-corrected chi connectivity index (χ2v) is 10.9. The highest BCUT2D eigenvalue weighted by atomic mass is 32.1. The van der Waals surface area contributed by atoms with E-state index in [1.54, 1.807) is 31.4 Å². The molecule has 0 fully saturated rings. The van der Waals surface area contributed by atoms with E-state index < -0.39 is 23.5 Å². The maximum absolute atomic E-state index is 13.6. The topological polar surface area (TPSA) is 89.0 Å². The minimum atomic E-state index is -0.917. The highest BCUT2D eigenvalue weighted by Crippen LogP contribution is 2.45. The van der Waals surface area contributed by atoms with Crippen LogP contribution in [0.3, 0.4) is 0 Å². The highest BCUT2D eigenvalue weighted by Gasteiger charge is 2.45. The smallest absolute Gasteiger partial charge is 0.296 e. The standard InChI is InChI=1S/C33H32N2O5S/c1-4-5-9-18-40-26-17-14-23(20-27(26)39-3)30-29(25(36)16-13-22-10-7-6-8-11-22)31(37)32(38)35(30)33-34-24-15-12-21(2)19-28(24)41-33/h6-8,10-17,19-20,30,37H,4-5,9,18H2,1-3H3.